The summed E-state index contributed by atoms with van der Waals surface area (Å²) in [6.45, 7) is 4.38. The van der Waals surface area contributed by atoms with Gasteiger partial charge in [-0.2, -0.15) is 0 Å². The Kier molecular flexibility index (Phi) is 10.2. The summed E-state index contributed by atoms with van der Waals surface area (Å²) in [5, 5.41) is 20.8. The molecule has 7 rings (SSSR count). The Hall–Kier alpha value is -3.48. The highest BCUT2D eigenvalue weighted by atomic mass is 35.5. The fourth-order valence-corrected chi connectivity index (χ4v) is 8.26. The molecule has 10 nitrogen and oxygen atoms in total. The van der Waals surface area contributed by atoms with Crippen molar-refractivity contribution in [3.8, 4) is 45.3 Å². The lowest BCUT2D eigenvalue weighted by Gasteiger charge is -2.48. The van der Waals surface area contributed by atoms with Gasteiger partial charge in [-0.05, 0) is 18.9 Å². The van der Waals surface area contributed by atoms with Crippen molar-refractivity contribution in [3.05, 3.63) is 80.9 Å². The van der Waals surface area contributed by atoms with E-state index in [0.29, 0.717) is 69.8 Å². The number of pyridine rings is 2. The van der Waals surface area contributed by atoms with Gasteiger partial charge in [0.15, 0.2) is 0 Å². The molecule has 0 aliphatic carbocycles. The molecule has 1 amide bonds. The van der Waals surface area contributed by atoms with Crippen LogP contribution in [0, 0.1) is 5.41 Å². The van der Waals surface area contributed by atoms with E-state index in [2.05, 4.69) is 20.9 Å². The van der Waals surface area contributed by atoms with Crippen LogP contribution in [0.25, 0.3) is 33.6 Å². The number of aromatic nitrogens is 2. The van der Waals surface area contributed by atoms with Gasteiger partial charge in [-0.3, -0.25) is 15.0 Å². The number of benzene rings is 2. The highest BCUT2D eigenvalue weighted by Crippen LogP contribution is 2.44. The molecule has 50 heavy (non-hydrogen) atoms. The number of hydrogen-bond acceptors (Lipinski definition) is 9. The van der Waals surface area contributed by atoms with E-state index in [4.69, 9.17) is 54.2 Å². The van der Waals surface area contributed by atoms with E-state index in [9.17, 15) is 9.90 Å². The van der Waals surface area contributed by atoms with Crippen molar-refractivity contribution in [3.63, 3.8) is 0 Å². The smallest absolute Gasteiger partial charge is 0.220 e. The van der Waals surface area contributed by atoms with E-state index in [1.54, 1.807) is 14.2 Å². The quantitative estimate of drug-likeness (QED) is 0.139. The van der Waals surface area contributed by atoms with Crippen LogP contribution in [0.5, 0.6) is 11.6 Å². The first-order chi connectivity index (χ1) is 24.2. The first-order valence-electron chi connectivity index (χ1n) is 16.7. The highest BCUT2D eigenvalue weighted by Gasteiger charge is 2.47. The van der Waals surface area contributed by atoms with Gasteiger partial charge >= 0.3 is 0 Å². The molecule has 1 spiro atoms. The Morgan fingerprint density at radius 1 is 0.960 bits per heavy atom. The molecule has 0 saturated carbocycles. The lowest BCUT2D eigenvalue weighted by molar-refractivity contribution is -0.119. The van der Waals surface area contributed by atoms with Crippen molar-refractivity contribution >= 4 is 40.7 Å². The van der Waals surface area contributed by atoms with E-state index in [0.717, 1.165) is 60.3 Å². The lowest BCUT2D eigenvalue weighted by atomic mass is 9.78. The van der Waals surface area contributed by atoms with Crippen LogP contribution in [0.15, 0.2) is 54.6 Å². The van der Waals surface area contributed by atoms with Crippen molar-refractivity contribution in [2.24, 2.45) is 5.41 Å². The Morgan fingerprint density at radius 3 is 2.28 bits per heavy atom. The summed E-state index contributed by atoms with van der Waals surface area (Å²) in [6, 6.07) is 17.4. The normalized spacial score (nSPS) is 19.8. The number of aliphatic hydroxyl groups excluding tert-OH is 1. The number of hydrogen-bond donors (Lipinski definition) is 4. The minimum Gasteiger partial charge on any atom is -0.496 e. The van der Waals surface area contributed by atoms with Crippen molar-refractivity contribution in [2.45, 2.75) is 44.6 Å². The Morgan fingerprint density at radius 2 is 1.66 bits per heavy atom. The van der Waals surface area contributed by atoms with Gasteiger partial charge in [0.25, 0.3) is 0 Å². The second-order valence-electron chi connectivity index (χ2n) is 13.4. The highest BCUT2D eigenvalue weighted by molar-refractivity contribution is 6.39. The van der Waals surface area contributed by atoms with E-state index < -0.39 is 6.23 Å². The maximum atomic E-state index is 11.5. The van der Waals surface area contributed by atoms with Crippen molar-refractivity contribution in [2.75, 3.05) is 40.4 Å². The zero-order valence-electron chi connectivity index (χ0n) is 27.9. The Bertz CT molecular complexity index is 1920. The number of rotatable bonds is 11. The lowest BCUT2D eigenvalue weighted by Crippen LogP contribution is -2.56. The van der Waals surface area contributed by atoms with Gasteiger partial charge in [0.2, 0.25) is 11.8 Å². The van der Waals surface area contributed by atoms with Crippen LogP contribution in [0.2, 0.25) is 15.2 Å². The number of ether oxygens (including phenoxy) is 2. The van der Waals surface area contributed by atoms with Crippen LogP contribution in [0.4, 0.5) is 0 Å². The number of carbonyl (C=O) groups excluding carboxylic acids is 1. The average molecular weight is 738 g/mol. The fourth-order valence-electron chi connectivity index (χ4n) is 7.37. The third-order valence-corrected chi connectivity index (χ3v) is 11.0. The molecule has 4 N–H and O–H groups in total. The predicted molar refractivity (Wildman–Crippen MR) is 196 cm³/mol. The molecule has 1 unspecified atom stereocenters. The number of methoxy groups -OCH3 is 2. The molecule has 3 saturated heterocycles. The molecule has 3 fully saturated rings. The fraction of sp³-hybridized carbons (Fsp3) is 0.378. The molecule has 2 aromatic heterocycles. The van der Waals surface area contributed by atoms with E-state index in [1.165, 1.54) is 0 Å². The minimum absolute atomic E-state index is 0.0965. The molecule has 2 aromatic carbocycles. The second-order valence-corrected chi connectivity index (χ2v) is 14.5. The van der Waals surface area contributed by atoms with Gasteiger partial charge in [-0.1, -0.05) is 77.3 Å². The second kappa shape index (κ2) is 14.6. The van der Waals surface area contributed by atoms with Crippen LogP contribution in [-0.4, -0.2) is 78.5 Å². The molecular weight excluding hydrogens is 699 g/mol. The third-order valence-electron chi connectivity index (χ3n) is 9.85. The van der Waals surface area contributed by atoms with Crippen molar-refractivity contribution in [1.82, 2.24) is 30.8 Å². The average Bonchev–Trinajstić information content (AvgIpc) is 3.70. The molecule has 3 aliphatic heterocycles. The molecule has 5 heterocycles. The van der Waals surface area contributed by atoms with Crippen LogP contribution in [-0.2, 0) is 17.9 Å². The van der Waals surface area contributed by atoms with Gasteiger partial charge in [0.1, 0.15) is 17.1 Å². The number of aliphatic hydroxyl groups is 1. The first kappa shape index (κ1) is 34.9. The molecule has 4 aromatic rings. The number of amides is 1. The zero-order chi connectivity index (χ0) is 35.0. The number of carbonyl (C=O) groups is 1. The number of likely N-dealkylation sites (tertiary alicyclic amines) is 1. The molecule has 0 radical (unpaired) electrons. The first-order valence-corrected chi connectivity index (χ1v) is 17.8. The number of halogens is 3. The minimum atomic E-state index is -0.436. The maximum Gasteiger partial charge on any atom is 0.220 e. The SMILES string of the molecule is COc1cc(-c2cccc(-c3cccc(-c4ccc(CNC[C@@H]5CCC(=O)N5)c(OC)n4)c3Cl)c2Cl)nc(Cl)c1CN1CC2(CNC(O)C2)C1. The van der Waals surface area contributed by atoms with Crippen molar-refractivity contribution in [1.29, 1.82) is 0 Å². The summed E-state index contributed by atoms with van der Waals surface area (Å²) >= 11 is 21.0. The summed E-state index contributed by atoms with van der Waals surface area (Å²) in [5.74, 6) is 1.23. The summed E-state index contributed by atoms with van der Waals surface area (Å²) in [5.41, 5.74) is 5.99. The monoisotopic (exact) mass is 736 g/mol. The molecule has 0 bridgehead atoms. The third kappa shape index (κ3) is 7.03. The summed E-state index contributed by atoms with van der Waals surface area (Å²) in [7, 11) is 3.22. The Balaban J connectivity index is 1.11. The van der Waals surface area contributed by atoms with Crippen LogP contribution >= 0.6 is 34.8 Å². The number of nitrogens with one attached hydrogen (secondary N) is 3. The number of nitrogens with zero attached hydrogens (tertiary/aromatic N) is 3. The standard InChI is InChI=1S/C37H39Cl3N6O4/c1-49-30-13-29(44-35(40)27(30)17-46-19-37(20-46)14-32(48)42-18-37)26-8-4-6-24(34(26)39)23-5-3-7-25(33(23)38)28-11-9-21(36(45-28)50-2)15-41-16-22-10-12-31(47)43-22/h3-9,11,13,22,32,41-42,48H,10,12,14-20H2,1-2H3,(H,43,47)/t22-,32?/m0/s1. The maximum absolute atomic E-state index is 11.5. The van der Waals surface area contributed by atoms with Gasteiger partial charge in [0, 0.05) is 96.6 Å². The largest absolute Gasteiger partial charge is 0.496 e. The van der Waals surface area contributed by atoms with Gasteiger partial charge < -0.3 is 25.2 Å². The molecule has 262 valence electrons. The van der Waals surface area contributed by atoms with Crippen molar-refractivity contribution < 1.29 is 19.4 Å². The van der Waals surface area contributed by atoms with Gasteiger partial charge in [0.05, 0.1) is 35.7 Å². The van der Waals surface area contributed by atoms with E-state index in [-0.39, 0.29) is 17.4 Å². The summed E-state index contributed by atoms with van der Waals surface area (Å²) < 4.78 is 11.5. The molecule has 2 atom stereocenters. The summed E-state index contributed by atoms with van der Waals surface area (Å²) in [4.78, 5) is 23.4. The van der Waals surface area contributed by atoms with Gasteiger partial charge in [-0.15, -0.1) is 0 Å². The van der Waals surface area contributed by atoms with Crippen LogP contribution in [0.3, 0.4) is 0 Å². The summed E-state index contributed by atoms with van der Waals surface area (Å²) in [6.07, 6.45) is 1.72. The molecule has 13 heteroatoms. The zero-order valence-corrected chi connectivity index (χ0v) is 30.1. The van der Waals surface area contributed by atoms with Crippen LogP contribution < -0.4 is 25.4 Å². The van der Waals surface area contributed by atoms with Gasteiger partial charge in [-0.25, -0.2) is 9.97 Å². The Labute approximate surface area is 306 Å². The topological polar surface area (TPSA) is 121 Å². The van der Waals surface area contributed by atoms with E-state index in [1.807, 2.05) is 54.6 Å². The predicted octanol–water partition coefficient (Wildman–Crippen LogP) is 5.94. The van der Waals surface area contributed by atoms with Crippen LogP contribution in [0.1, 0.15) is 30.4 Å². The molecular formula is C37H39Cl3N6O4. The van der Waals surface area contributed by atoms with E-state index >= 15 is 0 Å². The molecule has 3 aliphatic rings.